The molecule has 0 radical (unpaired) electrons. The highest BCUT2D eigenvalue weighted by atomic mass is 32.1. The minimum atomic E-state index is -0.722. The van der Waals surface area contributed by atoms with Gasteiger partial charge in [-0.15, -0.1) is 11.3 Å². The first-order valence-corrected chi connectivity index (χ1v) is 16.3. The van der Waals surface area contributed by atoms with Crippen LogP contribution in [0.25, 0.3) is 0 Å². The second-order valence-electron chi connectivity index (χ2n) is 12.7. The van der Waals surface area contributed by atoms with E-state index in [2.05, 4.69) is 16.7 Å². The van der Waals surface area contributed by atoms with Crippen molar-refractivity contribution in [2.45, 2.75) is 69.7 Å². The van der Waals surface area contributed by atoms with Gasteiger partial charge in [-0.1, -0.05) is 43.5 Å². The Labute approximate surface area is 251 Å². The van der Waals surface area contributed by atoms with Crippen molar-refractivity contribution in [3.63, 3.8) is 0 Å². The summed E-state index contributed by atoms with van der Waals surface area (Å²) in [5.41, 5.74) is 3.17. The molecule has 3 fully saturated rings. The predicted octanol–water partition coefficient (Wildman–Crippen LogP) is 6.86. The molecule has 8 heteroatoms. The number of aromatic nitrogens is 1. The van der Waals surface area contributed by atoms with E-state index in [-0.39, 0.29) is 23.5 Å². The van der Waals surface area contributed by atoms with Gasteiger partial charge in [0.1, 0.15) is 17.7 Å². The predicted molar refractivity (Wildman–Crippen MR) is 162 cm³/mol. The lowest BCUT2D eigenvalue weighted by Gasteiger charge is -2.35. The molecule has 1 saturated carbocycles. The highest BCUT2D eigenvalue weighted by Gasteiger charge is 2.41. The fourth-order valence-electron chi connectivity index (χ4n) is 7.32. The topological polar surface area (TPSA) is 56.7 Å². The zero-order valence-electron chi connectivity index (χ0n) is 24.4. The number of hydrogen-bond donors (Lipinski definition) is 1. The monoisotopic (exact) mass is 593 g/mol. The number of aliphatic carboxylic acids is 1. The Kier molecular flexibility index (Phi) is 9.03. The highest BCUT2D eigenvalue weighted by molar-refractivity contribution is 7.11. The lowest BCUT2D eigenvalue weighted by molar-refractivity contribution is -0.144. The summed E-state index contributed by atoms with van der Waals surface area (Å²) in [4.78, 5) is 23.3. The molecule has 3 heterocycles. The quantitative estimate of drug-likeness (QED) is 0.278. The van der Waals surface area contributed by atoms with E-state index < -0.39 is 12.0 Å². The zero-order valence-corrected chi connectivity index (χ0v) is 25.2. The third-order valence-corrected chi connectivity index (χ3v) is 11.2. The number of piperidine rings is 1. The molecule has 1 aromatic heterocycles. The van der Waals surface area contributed by atoms with Crippen LogP contribution in [0, 0.1) is 30.4 Å². The number of rotatable bonds is 10. The summed E-state index contributed by atoms with van der Waals surface area (Å²) in [6.45, 7) is 6.40. The van der Waals surface area contributed by atoms with Crippen LogP contribution in [-0.2, 0) is 11.2 Å². The first-order chi connectivity index (χ1) is 20.3. The lowest BCUT2D eigenvalue weighted by atomic mass is 9.80. The van der Waals surface area contributed by atoms with Crippen LogP contribution in [-0.4, -0.2) is 64.6 Å². The SMILES string of the molecule is Cc1nc(Cc2ccc(F)cc2)sc1C1CCN(C[C@H]2CN(C(CC3CCC3)C(=O)O)CC2c2cccc(F)c2)CC1. The van der Waals surface area contributed by atoms with Crippen molar-refractivity contribution in [3.8, 4) is 0 Å². The van der Waals surface area contributed by atoms with E-state index in [0.29, 0.717) is 18.4 Å². The van der Waals surface area contributed by atoms with E-state index in [9.17, 15) is 18.7 Å². The Balaban J connectivity index is 1.10. The van der Waals surface area contributed by atoms with Crippen LogP contribution >= 0.6 is 11.3 Å². The van der Waals surface area contributed by atoms with Gasteiger partial charge in [-0.25, -0.2) is 13.8 Å². The Morgan fingerprint density at radius 2 is 1.81 bits per heavy atom. The van der Waals surface area contributed by atoms with Crippen molar-refractivity contribution in [2.75, 3.05) is 32.7 Å². The maximum Gasteiger partial charge on any atom is 0.320 e. The summed E-state index contributed by atoms with van der Waals surface area (Å²) in [6.07, 6.45) is 7.06. The van der Waals surface area contributed by atoms with E-state index in [0.717, 1.165) is 86.5 Å². The van der Waals surface area contributed by atoms with Gasteiger partial charge in [0, 0.05) is 36.9 Å². The largest absolute Gasteiger partial charge is 0.480 e. The molecule has 3 aliphatic rings. The maximum atomic E-state index is 14.3. The van der Waals surface area contributed by atoms with E-state index in [1.165, 1.54) is 29.5 Å². The second-order valence-corrected chi connectivity index (χ2v) is 13.8. The Morgan fingerprint density at radius 3 is 2.48 bits per heavy atom. The van der Waals surface area contributed by atoms with E-state index in [1.54, 1.807) is 23.5 Å². The van der Waals surface area contributed by atoms with Crippen LogP contribution in [0.3, 0.4) is 0 Å². The number of nitrogens with zero attached hydrogens (tertiary/aromatic N) is 3. The molecule has 224 valence electrons. The number of carboxylic acids is 1. The van der Waals surface area contributed by atoms with Crippen LogP contribution in [0.4, 0.5) is 8.78 Å². The van der Waals surface area contributed by atoms with Gasteiger partial charge in [-0.05, 0) is 92.4 Å². The average Bonchev–Trinajstić information content (AvgIpc) is 3.52. The van der Waals surface area contributed by atoms with Crippen molar-refractivity contribution in [1.82, 2.24) is 14.8 Å². The molecule has 42 heavy (non-hydrogen) atoms. The number of carbonyl (C=O) groups is 1. The van der Waals surface area contributed by atoms with Crippen LogP contribution in [0.1, 0.15) is 77.1 Å². The number of halogens is 2. The minimum absolute atomic E-state index is 0.124. The molecule has 3 aromatic rings. The molecule has 1 aliphatic carbocycles. The van der Waals surface area contributed by atoms with Crippen molar-refractivity contribution in [3.05, 3.63) is 86.9 Å². The molecule has 3 atom stereocenters. The molecule has 2 aromatic carbocycles. The molecule has 0 amide bonds. The molecule has 2 unspecified atom stereocenters. The summed E-state index contributed by atoms with van der Waals surface area (Å²) >= 11 is 1.79. The summed E-state index contributed by atoms with van der Waals surface area (Å²) in [5.74, 6) is 0.221. The van der Waals surface area contributed by atoms with Crippen LogP contribution < -0.4 is 0 Å². The van der Waals surface area contributed by atoms with Gasteiger partial charge in [0.15, 0.2) is 0 Å². The van der Waals surface area contributed by atoms with Crippen LogP contribution in [0.15, 0.2) is 48.5 Å². The van der Waals surface area contributed by atoms with Crippen LogP contribution in [0.2, 0.25) is 0 Å². The minimum Gasteiger partial charge on any atom is -0.480 e. The standard InChI is InChI=1S/C34H41F2N3O2S/c1-22-33(42-32(37-22)17-24-8-10-28(35)11-9-24)25-12-14-38(15-13-25)19-27-20-39(31(34(40)41)16-23-4-2-5-23)21-30(27)26-6-3-7-29(36)18-26/h3,6-11,18,23,25,27,30-31H,2,4-5,12-17,19-21H2,1H3,(H,40,41)/t27-,30?,31?/m0/s1. The number of thiazole rings is 1. The molecule has 6 rings (SSSR count). The third kappa shape index (κ3) is 6.76. The van der Waals surface area contributed by atoms with Crippen molar-refractivity contribution >= 4 is 17.3 Å². The van der Waals surface area contributed by atoms with Gasteiger partial charge in [0.2, 0.25) is 0 Å². The Hall–Kier alpha value is -2.68. The van der Waals surface area contributed by atoms with Gasteiger partial charge < -0.3 is 10.0 Å². The van der Waals surface area contributed by atoms with Gasteiger partial charge >= 0.3 is 5.97 Å². The lowest BCUT2D eigenvalue weighted by Crippen LogP contribution is -2.43. The first kappa shape index (κ1) is 29.4. The number of benzene rings is 2. The molecule has 1 N–H and O–H groups in total. The molecular weight excluding hydrogens is 552 g/mol. The third-order valence-electron chi connectivity index (χ3n) is 9.85. The van der Waals surface area contributed by atoms with Crippen molar-refractivity contribution in [2.24, 2.45) is 11.8 Å². The summed E-state index contributed by atoms with van der Waals surface area (Å²) in [7, 11) is 0. The van der Waals surface area contributed by atoms with Gasteiger partial charge in [-0.2, -0.15) is 0 Å². The van der Waals surface area contributed by atoms with Gasteiger partial charge in [-0.3, -0.25) is 9.69 Å². The first-order valence-electron chi connectivity index (χ1n) is 15.5. The van der Waals surface area contributed by atoms with Crippen molar-refractivity contribution < 1.29 is 18.7 Å². The average molecular weight is 594 g/mol. The molecule has 5 nitrogen and oxygen atoms in total. The van der Waals surface area contributed by atoms with Gasteiger partial charge in [0.05, 0.1) is 10.7 Å². The Bertz CT molecular complexity index is 1370. The zero-order chi connectivity index (χ0) is 29.2. The second kappa shape index (κ2) is 12.9. The van der Waals surface area contributed by atoms with Crippen LogP contribution in [0.5, 0.6) is 0 Å². The van der Waals surface area contributed by atoms with Gasteiger partial charge in [0.25, 0.3) is 0 Å². The number of aryl methyl sites for hydroxylation is 1. The maximum absolute atomic E-state index is 14.3. The molecule has 0 bridgehead atoms. The molecular formula is C34H41F2N3O2S. The fraction of sp³-hybridized carbons (Fsp3) is 0.529. The van der Waals surface area contributed by atoms with E-state index in [1.807, 2.05) is 18.2 Å². The number of carboxylic acid groups (broad SMARTS) is 1. The summed E-state index contributed by atoms with van der Waals surface area (Å²) in [6, 6.07) is 13.1. The molecule has 2 aliphatic heterocycles. The summed E-state index contributed by atoms with van der Waals surface area (Å²) in [5, 5.41) is 11.2. The number of hydrogen-bond acceptors (Lipinski definition) is 5. The molecule has 2 saturated heterocycles. The fourth-order valence-corrected chi connectivity index (χ4v) is 8.59. The van der Waals surface area contributed by atoms with E-state index >= 15 is 0 Å². The normalized spacial score (nSPS) is 23.2. The van der Waals surface area contributed by atoms with Crippen molar-refractivity contribution in [1.29, 1.82) is 0 Å². The number of likely N-dealkylation sites (tertiary alicyclic amines) is 2. The Morgan fingerprint density at radius 1 is 1.05 bits per heavy atom. The highest BCUT2D eigenvalue weighted by Crippen LogP contribution is 2.40. The van der Waals surface area contributed by atoms with E-state index in [4.69, 9.17) is 4.98 Å². The summed E-state index contributed by atoms with van der Waals surface area (Å²) < 4.78 is 27.6. The smallest absolute Gasteiger partial charge is 0.320 e. The molecule has 0 spiro atoms.